The number of hydrogen-bond acceptors (Lipinski definition) is 2. The van der Waals surface area contributed by atoms with Crippen molar-refractivity contribution in [3.8, 4) is 5.75 Å². The summed E-state index contributed by atoms with van der Waals surface area (Å²) in [5.41, 5.74) is 3.41. The van der Waals surface area contributed by atoms with Crippen LogP contribution >= 0.6 is 15.9 Å². The molecule has 20 heavy (non-hydrogen) atoms. The molecule has 2 aromatic carbocycles. The molecule has 3 rings (SSSR count). The van der Waals surface area contributed by atoms with Gasteiger partial charge in [0.25, 0.3) is 0 Å². The van der Waals surface area contributed by atoms with Gasteiger partial charge >= 0.3 is 0 Å². The van der Waals surface area contributed by atoms with Crippen molar-refractivity contribution in [2.45, 2.75) is 13.0 Å². The first-order chi connectivity index (χ1) is 9.67. The number of halogens is 2. The molecule has 1 aliphatic rings. The van der Waals surface area contributed by atoms with Gasteiger partial charge in [-0.2, -0.15) is 0 Å². The van der Waals surface area contributed by atoms with Crippen LogP contribution in [0.5, 0.6) is 5.75 Å². The first-order valence-corrected chi connectivity index (χ1v) is 7.32. The standard InChI is InChI=1S/C16H15BrFNO/c1-20-16-5-2-11(8-14(16)17)10-19-7-6-12-3-4-13(18)9-15(12)19/h2-5,8-9H,6-7,10H2,1H3. The van der Waals surface area contributed by atoms with Crippen LogP contribution in [0.15, 0.2) is 40.9 Å². The van der Waals surface area contributed by atoms with Gasteiger partial charge in [-0.05, 0) is 57.7 Å². The zero-order valence-corrected chi connectivity index (χ0v) is 12.8. The Labute approximate surface area is 126 Å². The zero-order chi connectivity index (χ0) is 14.1. The molecule has 0 aromatic heterocycles. The van der Waals surface area contributed by atoms with Gasteiger partial charge in [-0.3, -0.25) is 0 Å². The summed E-state index contributed by atoms with van der Waals surface area (Å²) in [6.45, 7) is 1.71. The van der Waals surface area contributed by atoms with Crippen molar-refractivity contribution in [1.82, 2.24) is 0 Å². The van der Waals surface area contributed by atoms with Crippen molar-refractivity contribution in [2.75, 3.05) is 18.6 Å². The average Bonchev–Trinajstić information content (AvgIpc) is 2.82. The van der Waals surface area contributed by atoms with Crippen molar-refractivity contribution in [1.29, 1.82) is 0 Å². The van der Waals surface area contributed by atoms with E-state index in [0.717, 1.165) is 35.4 Å². The monoisotopic (exact) mass is 335 g/mol. The first kappa shape index (κ1) is 13.4. The third-order valence-electron chi connectivity index (χ3n) is 3.63. The predicted molar refractivity (Wildman–Crippen MR) is 81.8 cm³/mol. The van der Waals surface area contributed by atoms with E-state index in [1.54, 1.807) is 13.2 Å². The molecule has 2 aromatic rings. The fraction of sp³-hybridized carbons (Fsp3) is 0.250. The molecule has 0 unspecified atom stereocenters. The second kappa shape index (κ2) is 5.44. The van der Waals surface area contributed by atoms with Crippen LogP contribution in [0.25, 0.3) is 0 Å². The van der Waals surface area contributed by atoms with Gasteiger partial charge in [-0.25, -0.2) is 4.39 Å². The molecule has 0 radical (unpaired) electrons. The maximum atomic E-state index is 13.4. The van der Waals surface area contributed by atoms with Crippen LogP contribution in [0.1, 0.15) is 11.1 Å². The number of nitrogens with zero attached hydrogens (tertiary/aromatic N) is 1. The van der Waals surface area contributed by atoms with Gasteiger partial charge < -0.3 is 9.64 Å². The second-order valence-electron chi connectivity index (χ2n) is 4.91. The lowest BCUT2D eigenvalue weighted by Gasteiger charge is -2.20. The number of ether oxygens (including phenoxy) is 1. The number of methoxy groups -OCH3 is 1. The number of rotatable bonds is 3. The number of anilines is 1. The van der Waals surface area contributed by atoms with E-state index in [9.17, 15) is 4.39 Å². The Hall–Kier alpha value is -1.55. The Kier molecular flexibility index (Phi) is 3.66. The Morgan fingerprint density at radius 3 is 2.85 bits per heavy atom. The van der Waals surface area contributed by atoms with Crippen LogP contribution in [-0.4, -0.2) is 13.7 Å². The second-order valence-corrected chi connectivity index (χ2v) is 5.77. The first-order valence-electron chi connectivity index (χ1n) is 6.53. The molecule has 0 N–H and O–H groups in total. The van der Waals surface area contributed by atoms with Crippen LogP contribution < -0.4 is 9.64 Å². The van der Waals surface area contributed by atoms with Crippen LogP contribution in [0.3, 0.4) is 0 Å². The third kappa shape index (κ3) is 2.52. The molecule has 0 bridgehead atoms. The lowest BCUT2D eigenvalue weighted by atomic mass is 10.1. The molecule has 1 heterocycles. The summed E-state index contributed by atoms with van der Waals surface area (Å²) in [4.78, 5) is 2.21. The van der Waals surface area contributed by atoms with Crippen molar-refractivity contribution in [3.05, 3.63) is 57.8 Å². The highest BCUT2D eigenvalue weighted by Crippen LogP contribution is 2.31. The van der Waals surface area contributed by atoms with Crippen LogP contribution in [0, 0.1) is 5.82 Å². The van der Waals surface area contributed by atoms with Gasteiger partial charge in [0.15, 0.2) is 0 Å². The fourth-order valence-electron chi connectivity index (χ4n) is 2.61. The molecule has 1 aliphatic heterocycles. The number of hydrogen-bond donors (Lipinski definition) is 0. The minimum atomic E-state index is -0.174. The number of fused-ring (bicyclic) bond motifs is 1. The molecule has 0 spiro atoms. The summed E-state index contributed by atoms with van der Waals surface area (Å²) in [5.74, 6) is 0.646. The Bertz CT molecular complexity index is 644. The highest BCUT2D eigenvalue weighted by molar-refractivity contribution is 9.10. The van der Waals surface area contributed by atoms with E-state index in [1.165, 1.54) is 17.2 Å². The predicted octanol–water partition coefficient (Wildman–Crippen LogP) is 4.16. The van der Waals surface area contributed by atoms with Gasteiger partial charge in [-0.15, -0.1) is 0 Å². The average molecular weight is 336 g/mol. The van der Waals surface area contributed by atoms with E-state index >= 15 is 0 Å². The summed E-state index contributed by atoms with van der Waals surface area (Å²) >= 11 is 3.50. The third-order valence-corrected chi connectivity index (χ3v) is 4.25. The molecule has 0 saturated carbocycles. The largest absolute Gasteiger partial charge is 0.496 e. The van der Waals surface area contributed by atoms with E-state index in [0.29, 0.717) is 0 Å². The van der Waals surface area contributed by atoms with Gasteiger partial charge in [0, 0.05) is 18.8 Å². The van der Waals surface area contributed by atoms with E-state index < -0.39 is 0 Å². The Morgan fingerprint density at radius 2 is 2.10 bits per heavy atom. The highest BCUT2D eigenvalue weighted by Gasteiger charge is 2.19. The normalized spacial score (nSPS) is 13.4. The van der Waals surface area contributed by atoms with Crippen LogP contribution in [0.4, 0.5) is 10.1 Å². The summed E-state index contributed by atoms with van der Waals surface area (Å²) < 4.78 is 19.6. The molecule has 0 saturated heterocycles. The molecule has 104 valence electrons. The summed E-state index contributed by atoms with van der Waals surface area (Å²) in [5, 5.41) is 0. The summed E-state index contributed by atoms with van der Waals surface area (Å²) in [7, 11) is 1.65. The van der Waals surface area contributed by atoms with Crippen molar-refractivity contribution in [3.63, 3.8) is 0 Å². The van der Waals surface area contributed by atoms with Crippen molar-refractivity contribution >= 4 is 21.6 Å². The summed E-state index contributed by atoms with van der Waals surface area (Å²) in [6, 6.07) is 11.1. The van der Waals surface area contributed by atoms with Crippen molar-refractivity contribution < 1.29 is 9.13 Å². The lowest BCUT2D eigenvalue weighted by Crippen LogP contribution is -2.19. The van der Waals surface area contributed by atoms with Gasteiger partial charge in [0.2, 0.25) is 0 Å². The zero-order valence-electron chi connectivity index (χ0n) is 11.2. The maximum Gasteiger partial charge on any atom is 0.133 e. The topological polar surface area (TPSA) is 12.5 Å². The summed E-state index contributed by atoms with van der Waals surface area (Å²) in [6.07, 6.45) is 0.979. The molecular weight excluding hydrogens is 321 g/mol. The molecular formula is C16H15BrFNO. The van der Waals surface area contributed by atoms with Gasteiger partial charge in [0.1, 0.15) is 11.6 Å². The van der Waals surface area contributed by atoms with Crippen LogP contribution in [-0.2, 0) is 13.0 Å². The minimum absolute atomic E-state index is 0.174. The van der Waals surface area contributed by atoms with Crippen LogP contribution in [0.2, 0.25) is 0 Å². The van der Waals surface area contributed by atoms with Gasteiger partial charge in [-0.1, -0.05) is 12.1 Å². The lowest BCUT2D eigenvalue weighted by molar-refractivity contribution is 0.412. The molecule has 0 aliphatic carbocycles. The molecule has 0 fully saturated rings. The SMILES string of the molecule is COc1ccc(CN2CCc3ccc(F)cc32)cc1Br. The highest BCUT2D eigenvalue weighted by atomic mass is 79.9. The Morgan fingerprint density at radius 1 is 1.25 bits per heavy atom. The number of benzene rings is 2. The van der Waals surface area contributed by atoms with E-state index in [1.807, 2.05) is 18.2 Å². The maximum absolute atomic E-state index is 13.4. The smallest absolute Gasteiger partial charge is 0.133 e. The fourth-order valence-corrected chi connectivity index (χ4v) is 3.20. The molecule has 2 nitrogen and oxygen atoms in total. The Balaban J connectivity index is 1.83. The van der Waals surface area contributed by atoms with E-state index in [-0.39, 0.29) is 5.82 Å². The van der Waals surface area contributed by atoms with E-state index in [2.05, 4.69) is 26.9 Å². The molecule has 0 atom stereocenters. The molecule has 0 amide bonds. The van der Waals surface area contributed by atoms with Gasteiger partial charge in [0.05, 0.1) is 11.6 Å². The van der Waals surface area contributed by atoms with E-state index in [4.69, 9.17) is 4.74 Å². The quantitative estimate of drug-likeness (QED) is 0.835. The molecule has 4 heteroatoms. The minimum Gasteiger partial charge on any atom is -0.496 e. The van der Waals surface area contributed by atoms with Crippen molar-refractivity contribution in [2.24, 2.45) is 0 Å².